The van der Waals surface area contributed by atoms with Gasteiger partial charge >= 0.3 is 0 Å². The predicted octanol–water partition coefficient (Wildman–Crippen LogP) is 5.77. The Morgan fingerprint density at radius 2 is 1.86 bits per heavy atom. The first-order chi connectivity index (χ1) is 9.95. The summed E-state index contributed by atoms with van der Waals surface area (Å²) in [6.45, 7) is 9.59. The molecule has 0 saturated carbocycles. The molecule has 1 aliphatic rings. The quantitative estimate of drug-likeness (QED) is 0.563. The van der Waals surface area contributed by atoms with Crippen LogP contribution in [0.4, 0.5) is 0 Å². The average Bonchev–Trinajstić information content (AvgIpc) is 2.44. The van der Waals surface area contributed by atoms with Crippen LogP contribution < -0.4 is 0 Å². The molecular formula is C20H30O. The number of methoxy groups -OCH3 is 1. The van der Waals surface area contributed by atoms with Crippen molar-refractivity contribution in [3.63, 3.8) is 0 Å². The summed E-state index contributed by atoms with van der Waals surface area (Å²) in [5.41, 5.74) is 4.31. The molecule has 1 nitrogen and oxygen atoms in total. The molecule has 1 heteroatoms. The Hall–Kier alpha value is -1.34. The van der Waals surface area contributed by atoms with E-state index in [0.29, 0.717) is 12.0 Å². The summed E-state index contributed by atoms with van der Waals surface area (Å²) in [5, 5.41) is 0. The Labute approximate surface area is 130 Å². The van der Waals surface area contributed by atoms with E-state index in [0.717, 1.165) is 0 Å². The van der Waals surface area contributed by atoms with Gasteiger partial charge in [-0.2, -0.15) is 0 Å². The predicted molar refractivity (Wildman–Crippen MR) is 93.4 cm³/mol. The summed E-state index contributed by atoms with van der Waals surface area (Å²) in [6, 6.07) is 0. The van der Waals surface area contributed by atoms with E-state index in [4.69, 9.17) is 4.74 Å². The van der Waals surface area contributed by atoms with Gasteiger partial charge in [-0.15, -0.1) is 0 Å². The Morgan fingerprint density at radius 3 is 2.48 bits per heavy atom. The first-order valence-electron chi connectivity index (χ1n) is 7.85. The van der Waals surface area contributed by atoms with Crippen molar-refractivity contribution in [1.29, 1.82) is 0 Å². The second kappa shape index (κ2) is 8.84. The Balaban J connectivity index is 2.65. The number of rotatable bonds is 6. The van der Waals surface area contributed by atoms with Gasteiger partial charge < -0.3 is 4.74 Å². The van der Waals surface area contributed by atoms with Crippen LogP contribution in [0.5, 0.6) is 0 Å². The molecule has 1 rings (SSSR count). The lowest BCUT2D eigenvalue weighted by atomic mass is 9.75. The SMILES string of the molecule is COCC=CC(C)=CC=C(C)C=CC1=CCCCC1(C)C. The summed E-state index contributed by atoms with van der Waals surface area (Å²) >= 11 is 0. The molecule has 0 amide bonds. The van der Waals surface area contributed by atoms with Crippen LogP contribution in [0.1, 0.15) is 47.0 Å². The zero-order valence-electron chi connectivity index (χ0n) is 14.3. The van der Waals surface area contributed by atoms with Gasteiger partial charge in [0.2, 0.25) is 0 Å². The molecule has 0 bridgehead atoms. The third kappa shape index (κ3) is 6.77. The third-order valence-corrected chi connectivity index (χ3v) is 3.93. The zero-order valence-corrected chi connectivity index (χ0v) is 14.3. The van der Waals surface area contributed by atoms with E-state index >= 15 is 0 Å². The van der Waals surface area contributed by atoms with Gasteiger partial charge in [-0.1, -0.05) is 67.5 Å². The molecule has 0 N–H and O–H groups in total. The van der Waals surface area contributed by atoms with Crippen molar-refractivity contribution in [2.75, 3.05) is 13.7 Å². The smallest absolute Gasteiger partial charge is 0.0646 e. The van der Waals surface area contributed by atoms with Gasteiger partial charge in [-0.3, -0.25) is 0 Å². The summed E-state index contributed by atoms with van der Waals surface area (Å²) in [6.07, 6.45) is 19.1. The Bertz CT molecular complexity index is 470. The lowest BCUT2D eigenvalue weighted by molar-refractivity contribution is 0.234. The molecule has 1 aliphatic carbocycles. The maximum atomic E-state index is 5.00. The molecule has 0 aliphatic heterocycles. The van der Waals surface area contributed by atoms with E-state index in [2.05, 4.69) is 64.2 Å². The van der Waals surface area contributed by atoms with Gasteiger partial charge in [0.05, 0.1) is 6.61 Å². The van der Waals surface area contributed by atoms with E-state index in [9.17, 15) is 0 Å². The van der Waals surface area contributed by atoms with Crippen LogP contribution in [0, 0.1) is 5.41 Å². The molecule has 21 heavy (non-hydrogen) atoms. The highest BCUT2D eigenvalue weighted by Crippen LogP contribution is 2.37. The van der Waals surface area contributed by atoms with Gasteiger partial charge in [-0.25, -0.2) is 0 Å². The fourth-order valence-corrected chi connectivity index (χ4v) is 2.44. The summed E-state index contributed by atoms with van der Waals surface area (Å²) < 4.78 is 5.00. The molecule has 0 radical (unpaired) electrons. The van der Waals surface area contributed by atoms with Crippen LogP contribution in [0.2, 0.25) is 0 Å². The van der Waals surface area contributed by atoms with E-state index in [1.54, 1.807) is 7.11 Å². The third-order valence-electron chi connectivity index (χ3n) is 3.93. The van der Waals surface area contributed by atoms with Crippen LogP contribution in [-0.4, -0.2) is 13.7 Å². The fourth-order valence-electron chi connectivity index (χ4n) is 2.44. The topological polar surface area (TPSA) is 9.23 Å². The molecule has 116 valence electrons. The Kier molecular flexibility index (Phi) is 7.45. The highest BCUT2D eigenvalue weighted by Gasteiger charge is 2.23. The number of hydrogen-bond donors (Lipinski definition) is 0. The van der Waals surface area contributed by atoms with Crippen LogP contribution in [0.3, 0.4) is 0 Å². The van der Waals surface area contributed by atoms with E-state index in [-0.39, 0.29) is 0 Å². The van der Waals surface area contributed by atoms with Gasteiger partial charge in [0.25, 0.3) is 0 Å². The van der Waals surface area contributed by atoms with Crippen LogP contribution >= 0.6 is 0 Å². The zero-order chi connectivity index (χ0) is 15.7. The minimum Gasteiger partial charge on any atom is -0.381 e. The summed E-state index contributed by atoms with van der Waals surface area (Å²) in [5.74, 6) is 0. The van der Waals surface area contributed by atoms with Gasteiger partial charge in [0.15, 0.2) is 0 Å². The monoisotopic (exact) mass is 286 g/mol. The van der Waals surface area contributed by atoms with Crippen molar-refractivity contribution in [3.05, 3.63) is 59.3 Å². The van der Waals surface area contributed by atoms with E-state index in [1.807, 2.05) is 6.08 Å². The van der Waals surface area contributed by atoms with Crippen molar-refractivity contribution >= 4 is 0 Å². The summed E-state index contributed by atoms with van der Waals surface area (Å²) in [4.78, 5) is 0. The molecule has 0 aromatic rings. The van der Waals surface area contributed by atoms with Gasteiger partial charge in [0, 0.05) is 7.11 Å². The normalized spacial score (nSPS) is 20.3. The van der Waals surface area contributed by atoms with Crippen LogP contribution in [-0.2, 0) is 4.74 Å². The summed E-state index contributed by atoms with van der Waals surface area (Å²) in [7, 11) is 1.71. The molecule has 0 aromatic carbocycles. The van der Waals surface area contributed by atoms with Crippen molar-refractivity contribution in [1.82, 2.24) is 0 Å². The highest BCUT2D eigenvalue weighted by atomic mass is 16.5. The molecule has 0 aromatic heterocycles. The van der Waals surface area contributed by atoms with Gasteiger partial charge in [0.1, 0.15) is 0 Å². The standard InChI is InChI=1S/C20H30O/c1-17(9-8-16-21-5)11-12-18(2)13-14-19-10-6-7-15-20(19,3)4/h8-14H,6-7,15-16H2,1-5H3. The maximum absolute atomic E-state index is 5.00. The molecule has 0 heterocycles. The van der Waals surface area contributed by atoms with E-state index in [1.165, 1.54) is 36.0 Å². The second-order valence-corrected chi connectivity index (χ2v) is 6.45. The molecule has 0 atom stereocenters. The first kappa shape index (κ1) is 17.7. The van der Waals surface area contributed by atoms with Crippen LogP contribution in [0.25, 0.3) is 0 Å². The number of allylic oxidation sites excluding steroid dienone is 9. The van der Waals surface area contributed by atoms with Crippen molar-refractivity contribution in [3.8, 4) is 0 Å². The number of ether oxygens (including phenoxy) is 1. The lowest BCUT2D eigenvalue weighted by Gasteiger charge is -2.30. The molecule has 0 fully saturated rings. The van der Waals surface area contributed by atoms with Crippen molar-refractivity contribution in [2.45, 2.75) is 47.0 Å². The molecular weight excluding hydrogens is 256 g/mol. The van der Waals surface area contributed by atoms with Crippen molar-refractivity contribution in [2.24, 2.45) is 5.41 Å². The number of hydrogen-bond acceptors (Lipinski definition) is 1. The second-order valence-electron chi connectivity index (χ2n) is 6.45. The molecule has 0 unspecified atom stereocenters. The minimum atomic E-state index is 0.323. The highest BCUT2D eigenvalue weighted by molar-refractivity contribution is 5.34. The fraction of sp³-hybridized carbons (Fsp3) is 0.500. The largest absolute Gasteiger partial charge is 0.381 e. The lowest BCUT2D eigenvalue weighted by Crippen LogP contribution is -2.16. The maximum Gasteiger partial charge on any atom is 0.0646 e. The molecule has 0 saturated heterocycles. The van der Waals surface area contributed by atoms with Crippen LogP contribution in [0.15, 0.2) is 59.3 Å². The average molecular weight is 286 g/mol. The molecule has 0 spiro atoms. The first-order valence-corrected chi connectivity index (χ1v) is 7.85. The van der Waals surface area contributed by atoms with Crippen molar-refractivity contribution < 1.29 is 4.74 Å². The Morgan fingerprint density at radius 1 is 1.19 bits per heavy atom. The van der Waals surface area contributed by atoms with E-state index < -0.39 is 0 Å². The van der Waals surface area contributed by atoms with Gasteiger partial charge in [-0.05, 0) is 44.1 Å². The minimum absolute atomic E-state index is 0.323.